The molecule has 0 saturated heterocycles. The summed E-state index contributed by atoms with van der Waals surface area (Å²) in [6.45, 7) is -0.466. The van der Waals surface area contributed by atoms with Gasteiger partial charge in [0.05, 0.1) is 36.2 Å². The highest BCUT2D eigenvalue weighted by molar-refractivity contribution is 7.92. The molecule has 1 atom stereocenters. The molecule has 2 heterocycles. The molecule has 36 heavy (non-hydrogen) atoms. The molecule has 0 spiro atoms. The van der Waals surface area contributed by atoms with Gasteiger partial charge in [-0.15, -0.1) is 11.3 Å². The lowest BCUT2D eigenvalue weighted by atomic mass is 10.1. The van der Waals surface area contributed by atoms with Crippen molar-refractivity contribution in [3.05, 3.63) is 41.4 Å². The molecule has 2 amide bonds. The number of carbonyl (C=O) groups is 2. The number of hydrogen-bond acceptors (Lipinski definition) is 9. The van der Waals surface area contributed by atoms with E-state index in [9.17, 15) is 22.4 Å². The van der Waals surface area contributed by atoms with Gasteiger partial charge in [0.2, 0.25) is 17.8 Å². The lowest BCUT2D eigenvalue weighted by Crippen LogP contribution is -2.41. The van der Waals surface area contributed by atoms with Gasteiger partial charge in [0.25, 0.3) is 0 Å². The number of carbonyl (C=O) groups excluding carboxylic acids is 2. The zero-order chi connectivity index (χ0) is 25.9. The van der Waals surface area contributed by atoms with Gasteiger partial charge in [0, 0.05) is 36.5 Å². The number of thiazole rings is 1. The molecule has 1 saturated carbocycles. The van der Waals surface area contributed by atoms with Crippen LogP contribution in [-0.4, -0.2) is 69.4 Å². The maximum Gasteiger partial charge on any atom is 0.245 e. The van der Waals surface area contributed by atoms with Gasteiger partial charge in [-0.3, -0.25) is 9.59 Å². The van der Waals surface area contributed by atoms with Crippen molar-refractivity contribution in [2.24, 2.45) is 0 Å². The number of fused-ring (bicyclic) bond motifs is 1. The summed E-state index contributed by atoms with van der Waals surface area (Å²) in [6, 6.07) is 6.41. The lowest BCUT2D eigenvalue weighted by Gasteiger charge is -2.15. The molecule has 2 aromatic heterocycles. The van der Waals surface area contributed by atoms with E-state index in [4.69, 9.17) is 9.47 Å². The zero-order valence-corrected chi connectivity index (χ0v) is 21.2. The van der Waals surface area contributed by atoms with Crippen LogP contribution < -0.4 is 15.4 Å². The molecule has 1 aliphatic rings. The number of halogens is 1. The monoisotopic (exact) mass is 536 g/mol. The molecule has 4 rings (SSSR count). The number of sulfone groups is 1. The van der Waals surface area contributed by atoms with Crippen LogP contribution >= 0.6 is 11.3 Å². The summed E-state index contributed by atoms with van der Waals surface area (Å²) in [5, 5.41) is 3.53. The number of pyridine rings is 1. The third kappa shape index (κ3) is 5.79. The predicted molar refractivity (Wildman–Crippen MR) is 132 cm³/mol. The highest BCUT2D eigenvalue weighted by Gasteiger charge is 2.37. The Morgan fingerprint density at radius 2 is 2.03 bits per heavy atom. The normalized spacial score (nSPS) is 14.4. The molecule has 192 valence electrons. The fourth-order valence-electron chi connectivity index (χ4n) is 3.56. The van der Waals surface area contributed by atoms with Crippen molar-refractivity contribution in [2.75, 3.05) is 33.1 Å². The SMILES string of the molecule is COCCS(=O)(=O)C(C(=O)NCC(=O)NC1CC1)c1nc2cc(OC)c(-c3cccnc3F)cc2s1. The van der Waals surface area contributed by atoms with Crippen molar-refractivity contribution in [3.8, 4) is 16.9 Å². The van der Waals surface area contributed by atoms with Gasteiger partial charge < -0.3 is 20.1 Å². The number of amides is 2. The topological polar surface area (TPSA) is 137 Å². The summed E-state index contributed by atoms with van der Waals surface area (Å²) in [4.78, 5) is 33.2. The van der Waals surface area contributed by atoms with E-state index in [0.717, 1.165) is 24.2 Å². The van der Waals surface area contributed by atoms with Crippen LogP contribution in [0.4, 0.5) is 4.39 Å². The molecule has 1 unspecified atom stereocenters. The van der Waals surface area contributed by atoms with Crippen LogP contribution in [0.2, 0.25) is 0 Å². The van der Waals surface area contributed by atoms with Crippen LogP contribution in [0.25, 0.3) is 21.3 Å². The molecule has 1 aromatic carbocycles. The van der Waals surface area contributed by atoms with Gasteiger partial charge in [-0.2, -0.15) is 4.39 Å². The summed E-state index contributed by atoms with van der Waals surface area (Å²) in [6.07, 6.45) is 3.09. The summed E-state index contributed by atoms with van der Waals surface area (Å²) in [7, 11) is -1.27. The van der Waals surface area contributed by atoms with Crippen molar-refractivity contribution >= 4 is 43.2 Å². The van der Waals surface area contributed by atoms with Crippen LogP contribution in [0.3, 0.4) is 0 Å². The third-order valence-corrected chi connectivity index (χ3v) is 8.66. The van der Waals surface area contributed by atoms with Gasteiger partial charge in [-0.25, -0.2) is 18.4 Å². The molecule has 10 nitrogen and oxygen atoms in total. The smallest absolute Gasteiger partial charge is 0.245 e. The number of ether oxygens (including phenoxy) is 2. The Bertz CT molecular complexity index is 1390. The molecule has 13 heteroatoms. The van der Waals surface area contributed by atoms with Gasteiger partial charge in [0.15, 0.2) is 15.1 Å². The van der Waals surface area contributed by atoms with Crippen molar-refractivity contribution in [2.45, 2.75) is 24.1 Å². The third-order valence-electron chi connectivity index (χ3n) is 5.53. The quantitative estimate of drug-likeness (QED) is 0.355. The first-order valence-electron chi connectivity index (χ1n) is 11.1. The van der Waals surface area contributed by atoms with E-state index in [0.29, 0.717) is 21.5 Å². The molecule has 0 radical (unpaired) electrons. The fourth-order valence-corrected chi connectivity index (χ4v) is 6.52. The molecular weight excluding hydrogens is 511 g/mol. The summed E-state index contributed by atoms with van der Waals surface area (Å²) in [5.41, 5.74) is 0.992. The largest absolute Gasteiger partial charge is 0.496 e. The summed E-state index contributed by atoms with van der Waals surface area (Å²) >= 11 is 0.992. The van der Waals surface area contributed by atoms with E-state index in [1.807, 2.05) is 0 Å². The number of methoxy groups -OCH3 is 2. The van der Waals surface area contributed by atoms with Crippen molar-refractivity contribution in [1.82, 2.24) is 20.6 Å². The number of rotatable bonds is 11. The number of nitrogens with zero attached hydrogens (tertiary/aromatic N) is 2. The van der Waals surface area contributed by atoms with Crippen LogP contribution in [0.15, 0.2) is 30.5 Å². The van der Waals surface area contributed by atoms with Gasteiger partial charge in [-0.05, 0) is 31.0 Å². The maximum atomic E-state index is 14.4. The molecule has 1 fully saturated rings. The number of hydrogen-bond donors (Lipinski definition) is 2. The fraction of sp³-hybridized carbons (Fsp3) is 0.391. The zero-order valence-electron chi connectivity index (χ0n) is 19.6. The lowest BCUT2D eigenvalue weighted by molar-refractivity contribution is -0.126. The van der Waals surface area contributed by atoms with Gasteiger partial charge in [0.1, 0.15) is 10.8 Å². The van der Waals surface area contributed by atoms with Crippen molar-refractivity contribution in [1.29, 1.82) is 0 Å². The van der Waals surface area contributed by atoms with Crippen LogP contribution in [0, 0.1) is 5.95 Å². The minimum absolute atomic E-state index is 0.0204. The van der Waals surface area contributed by atoms with Crippen LogP contribution in [0.1, 0.15) is 23.1 Å². The van der Waals surface area contributed by atoms with Gasteiger partial charge in [-0.1, -0.05) is 0 Å². The number of nitrogens with one attached hydrogen (secondary N) is 2. The second-order valence-electron chi connectivity index (χ2n) is 8.21. The minimum Gasteiger partial charge on any atom is -0.496 e. The Morgan fingerprint density at radius 1 is 1.25 bits per heavy atom. The Hall–Kier alpha value is -3.16. The standard InChI is InChI=1S/C23H25FN4O6S2/c1-33-8-9-36(31,32)20(22(30)26-12-19(29)27-13-5-6-13)23-28-16-11-17(34-2)15(10-18(16)35-23)14-4-3-7-25-21(14)24/h3-4,7,10-11,13,20H,5-6,8-9,12H2,1-2H3,(H,26,30)(H,27,29). The Labute approximate surface area is 211 Å². The minimum atomic E-state index is -4.05. The molecular formula is C23H25FN4O6S2. The van der Waals surface area contributed by atoms with E-state index in [-0.39, 0.29) is 29.8 Å². The second-order valence-corrected chi connectivity index (χ2v) is 11.5. The first-order chi connectivity index (χ1) is 17.2. The van der Waals surface area contributed by atoms with Crippen LogP contribution in [0.5, 0.6) is 5.75 Å². The molecule has 0 aliphatic heterocycles. The average molecular weight is 537 g/mol. The highest BCUT2D eigenvalue weighted by atomic mass is 32.2. The molecule has 1 aliphatic carbocycles. The van der Waals surface area contributed by atoms with E-state index < -0.39 is 38.6 Å². The first kappa shape index (κ1) is 25.9. The Kier molecular flexibility index (Phi) is 7.81. The van der Waals surface area contributed by atoms with E-state index >= 15 is 0 Å². The second kappa shape index (κ2) is 10.8. The summed E-state index contributed by atoms with van der Waals surface area (Å²) < 4.78 is 51.5. The molecule has 0 bridgehead atoms. The number of benzene rings is 1. The maximum absolute atomic E-state index is 14.4. The van der Waals surface area contributed by atoms with Crippen LogP contribution in [-0.2, 0) is 24.2 Å². The Balaban J connectivity index is 1.70. The predicted octanol–water partition coefficient (Wildman–Crippen LogP) is 2.00. The molecule has 3 aromatic rings. The van der Waals surface area contributed by atoms with Crippen molar-refractivity contribution in [3.63, 3.8) is 0 Å². The van der Waals surface area contributed by atoms with Gasteiger partial charge >= 0.3 is 0 Å². The first-order valence-corrected chi connectivity index (χ1v) is 13.6. The number of aromatic nitrogens is 2. The summed E-state index contributed by atoms with van der Waals surface area (Å²) in [5.74, 6) is -2.05. The average Bonchev–Trinajstić information content (AvgIpc) is 3.57. The van der Waals surface area contributed by atoms with E-state index in [1.54, 1.807) is 24.3 Å². The Morgan fingerprint density at radius 3 is 2.69 bits per heavy atom. The van der Waals surface area contributed by atoms with E-state index in [1.165, 1.54) is 20.4 Å². The highest BCUT2D eigenvalue weighted by Crippen LogP contribution is 2.39. The van der Waals surface area contributed by atoms with Crippen molar-refractivity contribution < 1.29 is 31.9 Å². The van der Waals surface area contributed by atoms with E-state index in [2.05, 4.69) is 20.6 Å². The molecule has 2 N–H and O–H groups in total.